The van der Waals surface area contributed by atoms with E-state index in [4.69, 9.17) is 4.74 Å². The molecule has 0 bridgehead atoms. The van der Waals surface area contributed by atoms with Crippen LogP contribution in [0.1, 0.15) is 18.1 Å². The van der Waals surface area contributed by atoms with E-state index in [1.807, 2.05) is 48.5 Å². The molecule has 0 fully saturated rings. The second kappa shape index (κ2) is 7.91. The fourth-order valence-corrected chi connectivity index (χ4v) is 3.08. The van der Waals surface area contributed by atoms with Crippen molar-refractivity contribution in [2.45, 2.75) is 25.9 Å². The van der Waals surface area contributed by atoms with Gasteiger partial charge in [-0.2, -0.15) is 0 Å². The molecule has 0 spiro atoms. The van der Waals surface area contributed by atoms with E-state index in [1.165, 1.54) is 0 Å². The van der Waals surface area contributed by atoms with E-state index in [0.29, 0.717) is 13.1 Å². The third-order valence-electron chi connectivity index (χ3n) is 4.46. The molecule has 1 heterocycles. The highest BCUT2D eigenvalue weighted by molar-refractivity contribution is 6.00. The maximum Gasteiger partial charge on any atom is 0.315 e. The van der Waals surface area contributed by atoms with Gasteiger partial charge in [-0.1, -0.05) is 30.3 Å². The Morgan fingerprint density at radius 3 is 2.81 bits per heavy atom. The van der Waals surface area contributed by atoms with Gasteiger partial charge in [0.25, 0.3) is 0 Å². The number of hydrogen-bond acceptors (Lipinski definition) is 3. The van der Waals surface area contributed by atoms with Crippen molar-refractivity contribution in [3.8, 4) is 5.75 Å². The predicted octanol–water partition coefficient (Wildman–Crippen LogP) is 2.47. The van der Waals surface area contributed by atoms with Gasteiger partial charge in [0.05, 0.1) is 7.11 Å². The van der Waals surface area contributed by atoms with Gasteiger partial charge < -0.3 is 20.3 Å². The number of nitrogens with one attached hydrogen (secondary N) is 2. The van der Waals surface area contributed by atoms with Crippen LogP contribution in [0, 0.1) is 0 Å². The summed E-state index contributed by atoms with van der Waals surface area (Å²) in [4.78, 5) is 26.5. The van der Waals surface area contributed by atoms with Crippen LogP contribution in [-0.4, -0.2) is 31.6 Å². The van der Waals surface area contributed by atoms with Crippen LogP contribution in [0.4, 0.5) is 10.5 Å². The van der Waals surface area contributed by atoms with Crippen LogP contribution in [0.3, 0.4) is 0 Å². The fraction of sp³-hybridized carbons (Fsp3) is 0.300. The summed E-state index contributed by atoms with van der Waals surface area (Å²) in [5.41, 5.74) is 3.02. The first-order valence-electron chi connectivity index (χ1n) is 8.65. The largest absolute Gasteiger partial charge is 0.497 e. The van der Waals surface area contributed by atoms with Crippen molar-refractivity contribution in [1.82, 2.24) is 10.6 Å². The minimum Gasteiger partial charge on any atom is -0.497 e. The number of amides is 3. The van der Waals surface area contributed by atoms with Crippen molar-refractivity contribution in [2.24, 2.45) is 0 Å². The van der Waals surface area contributed by atoms with Crippen molar-refractivity contribution >= 4 is 17.6 Å². The lowest BCUT2D eigenvalue weighted by Crippen LogP contribution is -2.49. The summed E-state index contributed by atoms with van der Waals surface area (Å²) < 4.78 is 5.16. The van der Waals surface area contributed by atoms with E-state index in [9.17, 15) is 9.59 Å². The SMILES string of the molecule is COc1cccc(CNC(=O)NC(C)C(=O)N2CCc3ccccc32)c1. The van der Waals surface area contributed by atoms with Gasteiger partial charge in [0.2, 0.25) is 5.91 Å². The molecule has 2 aromatic carbocycles. The monoisotopic (exact) mass is 353 g/mol. The topological polar surface area (TPSA) is 70.7 Å². The number of benzene rings is 2. The first-order chi connectivity index (χ1) is 12.6. The summed E-state index contributed by atoms with van der Waals surface area (Å²) in [6.07, 6.45) is 0.844. The van der Waals surface area contributed by atoms with Crippen LogP contribution in [0.2, 0.25) is 0 Å². The number of para-hydroxylation sites is 1. The van der Waals surface area contributed by atoms with E-state index in [2.05, 4.69) is 10.6 Å². The first-order valence-corrected chi connectivity index (χ1v) is 8.65. The number of ether oxygens (including phenoxy) is 1. The fourth-order valence-electron chi connectivity index (χ4n) is 3.08. The van der Waals surface area contributed by atoms with E-state index in [0.717, 1.165) is 29.0 Å². The Morgan fingerprint density at radius 2 is 2.00 bits per heavy atom. The number of rotatable bonds is 5. The molecular weight excluding hydrogens is 330 g/mol. The number of hydrogen-bond donors (Lipinski definition) is 2. The Labute approximate surface area is 153 Å². The molecule has 1 aliphatic heterocycles. The second-order valence-corrected chi connectivity index (χ2v) is 6.27. The zero-order valence-corrected chi connectivity index (χ0v) is 15.0. The number of carbonyl (C=O) groups excluding carboxylic acids is 2. The standard InChI is InChI=1S/C20H23N3O3/c1-14(19(24)23-11-10-16-7-3-4-9-18(16)23)22-20(25)21-13-15-6-5-8-17(12-15)26-2/h3-9,12,14H,10-11,13H2,1-2H3,(H2,21,22,25). The van der Waals surface area contributed by atoms with Crippen molar-refractivity contribution in [2.75, 3.05) is 18.6 Å². The third-order valence-corrected chi connectivity index (χ3v) is 4.46. The Bertz CT molecular complexity index is 806. The zero-order valence-electron chi connectivity index (χ0n) is 15.0. The van der Waals surface area contributed by atoms with Crippen molar-refractivity contribution < 1.29 is 14.3 Å². The number of nitrogens with zero attached hydrogens (tertiary/aromatic N) is 1. The summed E-state index contributed by atoms with van der Waals surface area (Å²) in [6.45, 7) is 2.71. The van der Waals surface area contributed by atoms with Crippen molar-refractivity contribution in [3.05, 3.63) is 59.7 Å². The molecule has 6 nitrogen and oxygen atoms in total. The van der Waals surface area contributed by atoms with Crippen LogP contribution >= 0.6 is 0 Å². The van der Waals surface area contributed by atoms with Crippen LogP contribution in [0.25, 0.3) is 0 Å². The highest BCUT2D eigenvalue weighted by Crippen LogP contribution is 2.27. The predicted molar refractivity (Wildman–Crippen MR) is 100 cm³/mol. The van der Waals surface area contributed by atoms with Gasteiger partial charge in [0.1, 0.15) is 11.8 Å². The van der Waals surface area contributed by atoms with Gasteiger partial charge in [-0.3, -0.25) is 4.79 Å². The van der Waals surface area contributed by atoms with Crippen LogP contribution in [-0.2, 0) is 17.8 Å². The highest BCUT2D eigenvalue weighted by Gasteiger charge is 2.28. The molecule has 1 atom stereocenters. The number of fused-ring (bicyclic) bond motifs is 1. The van der Waals surface area contributed by atoms with Gasteiger partial charge in [-0.15, -0.1) is 0 Å². The van der Waals surface area contributed by atoms with Gasteiger partial charge in [-0.05, 0) is 42.7 Å². The van der Waals surface area contributed by atoms with E-state index >= 15 is 0 Å². The molecular formula is C20H23N3O3. The second-order valence-electron chi connectivity index (χ2n) is 6.27. The number of anilines is 1. The molecule has 26 heavy (non-hydrogen) atoms. The quantitative estimate of drug-likeness (QED) is 0.867. The van der Waals surface area contributed by atoms with E-state index < -0.39 is 6.04 Å². The summed E-state index contributed by atoms with van der Waals surface area (Å²) in [7, 11) is 1.60. The summed E-state index contributed by atoms with van der Waals surface area (Å²) in [5.74, 6) is 0.632. The lowest BCUT2D eigenvalue weighted by atomic mass is 10.2. The van der Waals surface area contributed by atoms with E-state index in [1.54, 1.807) is 18.9 Å². The first kappa shape index (κ1) is 17.8. The molecule has 2 N–H and O–H groups in total. The lowest BCUT2D eigenvalue weighted by Gasteiger charge is -2.22. The van der Waals surface area contributed by atoms with Gasteiger partial charge in [0.15, 0.2) is 0 Å². The molecule has 0 aromatic heterocycles. The number of methoxy groups -OCH3 is 1. The summed E-state index contributed by atoms with van der Waals surface area (Å²) >= 11 is 0. The molecule has 3 amide bonds. The van der Waals surface area contributed by atoms with Crippen LogP contribution in [0.15, 0.2) is 48.5 Å². The average molecular weight is 353 g/mol. The van der Waals surface area contributed by atoms with Gasteiger partial charge in [-0.25, -0.2) is 4.79 Å². The Kier molecular flexibility index (Phi) is 5.41. The van der Waals surface area contributed by atoms with Crippen molar-refractivity contribution in [3.63, 3.8) is 0 Å². The van der Waals surface area contributed by atoms with Crippen LogP contribution in [0.5, 0.6) is 5.75 Å². The van der Waals surface area contributed by atoms with Crippen LogP contribution < -0.4 is 20.3 Å². The lowest BCUT2D eigenvalue weighted by molar-refractivity contribution is -0.119. The molecule has 0 saturated carbocycles. The maximum atomic E-state index is 12.7. The van der Waals surface area contributed by atoms with Gasteiger partial charge in [0, 0.05) is 18.8 Å². The third kappa shape index (κ3) is 3.96. The van der Waals surface area contributed by atoms with Crippen molar-refractivity contribution in [1.29, 1.82) is 0 Å². The molecule has 0 aliphatic carbocycles. The minimum absolute atomic E-state index is 0.105. The molecule has 2 aromatic rings. The smallest absolute Gasteiger partial charge is 0.315 e. The number of carbonyl (C=O) groups is 2. The zero-order chi connectivity index (χ0) is 18.5. The van der Waals surface area contributed by atoms with E-state index in [-0.39, 0.29) is 11.9 Å². The maximum absolute atomic E-state index is 12.7. The summed E-state index contributed by atoms with van der Waals surface area (Å²) in [5, 5.41) is 5.48. The Morgan fingerprint density at radius 1 is 1.19 bits per heavy atom. The Hall–Kier alpha value is -3.02. The summed E-state index contributed by atoms with van der Waals surface area (Å²) in [6, 6.07) is 14.4. The molecule has 1 aliphatic rings. The molecule has 136 valence electrons. The molecule has 1 unspecified atom stereocenters. The average Bonchev–Trinajstić information content (AvgIpc) is 3.10. The molecule has 0 radical (unpaired) electrons. The molecule has 6 heteroatoms. The highest BCUT2D eigenvalue weighted by atomic mass is 16.5. The molecule has 3 rings (SSSR count). The number of urea groups is 1. The Balaban J connectivity index is 1.53. The normalized spacial score (nSPS) is 13.7. The minimum atomic E-state index is -0.605. The molecule has 0 saturated heterocycles. The van der Waals surface area contributed by atoms with Gasteiger partial charge >= 0.3 is 6.03 Å².